The van der Waals surface area contributed by atoms with E-state index in [2.05, 4.69) is 25.6 Å². The fraction of sp³-hybridized carbons (Fsp3) is 0.300. The summed E-state index contributed by atoms with van der Waals surface area (Å²) in [5.41, 5.74) is 2.00. The summed E-state index contributed by atoms with van der Waals surface area (Å²) in [4.78, 5) is 11.0. The summed E-state index contributed by atoms with van der Waals surface area (Å²) in [6.07, 6.45) is -0.721. The number of fused-ring (bicyclic) bond motifs is 1. The van der Waals surface area contributed by atoms with Gasteiger partial charge < -0.3 is 15.7 Å². The minimum absolute atomic E-state index is 0.203. The molecule has 1 atom stereocenters. The molecule has 2 aromatic rings. The van der Waals surface area contributed by atoms with Crippen LogP contribution in [0.15, 0.2) is 16.8 Å². The fourth-order valence-electron chi connectivity index (χ4n) is 1.50. The molecule has 1 heterocycles. The molecule has 0 aliphatic carbocycles. The number of hydrogen-bond donors (Lipinski definition) is 3. The molecule has 1 aromatic heterocycles. The van der Waals surface area contributed by atoms with Gasteiger partial charge in [0.05, 0.1) is 11.4 Å². The Morgan fingerprint density at radius 1 is 1.35 bits per heavy atom. The minimum Gasteiger partial charge on any atom is -0.374 e. The standard InChI is InChI=1S/C10H12N4O3/c1-5(15)11-7-3-4-8(12-6(2)16)10-9(7)13-17-14-10/h3-5,11,15H,1-2H3,(H,12,16). The minimum atomic E-state index is -0.721. The summed E-state index contributed by atoms with van der Waals surface area (Å²) >= 11 is 0. The normalized spacial score (nSPS) is 12.4. The van der Waals surface area contributed by atoms with Gasteiger partial charge in [0.15, 0.2) is 11.0 Å². The average molecular weight is 236 g/mol. The molecule has 3 N–H and O–H groups in total. The molecule has 0 saturated heterocycles. The van der Waals surface area contributed by atoms with Crippen molar-refractivity contribution in [1.82, 2.24) is 10.3 Å². The van der Waals surface area contributed by atoms with Crippen LogP contribution in [-0.2, 0) is 4.79 Å². The van der Waals surface area contributed by atoms with Crippen molar-refractivity contribution in [2.75, 3.05) is 10.6 Å². The maximum absolute atomic E-state index is 11.0. The first-order valence-corrected chi connectivity index (χ1v) is 5.05. The van der Waals surface area contributed by atoms with Crippen LogP contribution in [0.1, 0.15) is 13.8 Å². The molecule has 1 unspecified atom stereocenters. The lowest BCUT2D eigenvalue weighted by atomic mass is 10.2. The third kappa shape index (κ3) is 2.34. The molecule has 7 heteroatoms. The predicted molar refractivity (Wildman–Crippen MR) is 61.4 cm³/mol. The summed E-state index contributed by atoms with van der Waals surface area (Å²) in [5.74, 6) is -0.203. The predicted octanol–water partition coefficient (Wildman–Crippen LogP) is 0.931. The molecule has 1 aromatic carbocycles. The molecule has 17 heavy (non-hydrogen) atoms. The molecule has 2 rings (SSSR count). The van der Waals surface area contributed by atoms with Crippen molar-refractivity contribution >= 4 is 28.3 Å². The van der Waals surface area contributed by atoms with Crippen LogP contribution < -0.4 is 10.6 Å². The SMILES string of the molecule is CC(=O)Nc1ccc(NC(C)O)c2nonc12. The lowest BCUT2D eigenvalue weighted by Gasteiger charge is -2.10. The fourth-order valence-corrected chi connectivity index (χ4v) is 1.50. The van der Waals surface area contributed by atoms with E-state index in [-0.39, 0.29) is 5.91 Å². The molecular weight excluding hydrogens is 224 g/mol. The van der Waals surface area contributed by atoms with Gasteiger partial charge in [0, 0.05) is 6.92 Å². The van der Waals surface area contributed by atoms with Crippen LogP contribution in [0.4, 0.5) is 11.4 Å². The number of aliphatic hydroxyl groups excluding tert-OH is 1. The molecule has 0 aliphatic rings. The van der Waals surface area contributed by atoms with Crippen LogP contribution in [0.2, 0.25) is 0 Å². The summed E-state index contributed by atoms with van der Waals surface area (Å²) in [7, 11) is 0. The van der Waals surface area contributed by atoms with Crippen molar-refractivity contribution in [3.8, 4) is 0 Å². The van der Waals surface area contributed by atoms with Crippen LogP contribution in [0.3, 0.4) is 0 Å². The van der Waals surface area contributed by atoms with E-state index >= 15 is 0 Å². The van der Waals surface area contributed by atoms with Crippen LogP contribution in [0, 0.1) is 0 Å². The van der Waals surface area contributed by atoms with Crippen molar-refractivity contribution in [3.05, 3.63) is 12.1 Å². The molecule has 0 fully saturated rings. The number of amides is 1. The molecule has 1 amide bonds. The highest BCUT2D eigenvalue weighted by atomic mass is 16.6. The summed E-state index contributed by atoms with van der Waals surface area (Å²) < 4.78 is 4.64. The Hall–Kier alpha value is -2.15. The van der Waals surface area contributed by atoms with Gasteiger partial charge >= 0.3 is 0 Å². The second kappa shape index (κ2) is 4.38. The van der Waals surface area contributed by atoms with Crippen molar-refractivity contribution in [2.45, 2.75) is 20.1 Å². The Bertz CT molecular complexity index is 549. The molecular formula is C10H12N4O3. The summed E-state index contributed by atoms with van der Waals surface area (Å²) in [5, 5.41) is 22.1. The van der Waals surface area contributed by atoms with E-state index in [1.807, 2.05) is 0 Å². The zero-order chi connectivity index (χ0) is 12.4. The number of aromatic nitrogens is 2. The second-order valence-electron chi connectivity index (χ2n) is 3.62. The highest BCUT2D eigenvalue weighted by Crippen LogP contribution is 2.27. The molecule has 7 nitrogen and oxygen atoms in total. The number of anilines is 2. The van der Waals surface area contributed by atoms with Gasteiger partial charge in [-0.2, -0.15) is 0 Å². The number of carbonyl (C=O) groups excluding carboxylic acids is 1. The monoisotopic (exact) mass is 236 g/mol. The second-order valence-corrected chi connectivity index (χ2v) is 3.62. The van der Waals surface area contributed by atoms with Gasteiger partial charge in [0.2, 0.25) is 5.91 Å². The molecule has 0 bridgehead atoms. The van der Waals surface area contributed by atoms with Gasteiger partial charge in [0.25, 0.3) is 0 Å². The Morgan fingerprint density at radius 2 is 1.94 bits per heavy atom. The summed E-state index contributed by atoms with van der Waals surface area (Å²) in [6, 6.07) is 3.35. The number of nitrogens with one attached hydrogen (secondary N) is 2. The highest BCUT2D eigenvalue weighted by Gasteiger charge is 2.13. The van der Waals surface area contributed by atoms with Gasteiger partial charge in [-0.15, -0.1) is 0 Å². The Morgan fingerprint density at radius 3 is 2.53 bits per heavy atom. The van der Waals surface area contributed by atoms with E-state index < -0.39 is 6.23 Å². The zero-order valence-corrected chi connectivity index (χ0v) is 9.39. The van der Waals surface area contributed by atoms with Gasteiger partial charge in [-0.3, -0.25) is 4.79 Å². The van der Waals surface area contributed by atoms with Crippen molar-refractivity contribution in [3.63, 3.8) is 0 Å². The third-order valence-corrected chi connectivity index (χ3v) is 2.09. The van der Waals surface area contributed by atoms with E-state index in [0.717, 1.165) is 0 Å². The van der Waals surface area contributed by atoms with Crippen LogP contribution >= 0.6 is 0 Å². The zero-order valence-electron chi connectivity index (χ0n) is 9.39. The average Bonchev–Trinajstić information content (AvgIpc) is 2.69. The number of nitrogens with zero attached hydrogens (tertiary/aromatic N) is 2. The van der Waals surface area contributed by atoms with Crippen molar-refractivity contribution < 1.29 is 14.5 Å². The lowest BCUT2D eigenvalue weighted by molar-refractivity contribution is -0.114. The topological polar surface area (TPSA) is 100 Å². The van der Waals surface area contributed by atoms with Crippen molar-refractivity contribution in [2.24, 2.45) is 0 Å². The first-order chi connectivity index (χ1) is 8.08. The molecule has 0 saturated carbocycles. The number of carbonyl (C=O) groups is 1. The first-order valence-electron chi connectivity index (χ1n) is 5.05. The lowest BCUT2D eigenvalue weighted by Crippen LogP contribution is -2.14. The Balaban J connectivity index is 2.47. The highest BCUT2D eigenvalue weighted by molar-refractivity contribution is 6.02. The van der Waals surface area contributed by atoms with E-state index in [4.69, 9.17) is 0 Å². The van der Waals surface area contributed by atoms with E-state index in [1.165, 1.54) is 6.92 Å². The number of hydrogen-bond acceptors (Lipinski definition) is 6. The van der Waals surface area contributed by atoms with Gasteiger partial charge in [-0.1, -0.05) is 0 Å². The number of benzene rings is 1. The third-order valence-electron chi connectivity index (χ3n) is 2.09. The maximum Gasteiger partial charge on any atom is 0.221 e. The number of aliphatic hydroxyl groups is 1. The van der Waals surface area contributed by atoms with E-state index in [1.54, 1.807) is 19.1 Å². The van der Waals surface area contributed by atoms with Gasteiger partial charge in [-0.25, -0.2) is 4.63 Å². The van der Waals surface area contributed by atoms with Crippen LogP contribution in [0.5, 0.6) is 0 Å². The van der Waals surface area contributed by atoms with Crippen molar-refractivity contribution in [1.29, 1.82) is 0 Å². The maximum atomic E-state index is 11.0. The van der Waals surface area contributed by atoms with Gasteiger partial charge in [-0.05, 0) is 29.4 Å². The Kier molecular flexibility index (Phi) is 2.92. The summed E-state index contributed by atoms with van der Waals surface area (Å²) in [6.45, 7) is 2.99. The Labute approximate surface area is 96.8 Å². The van der Waals surface area contributed by atoms with Gasteiger partial charge in [0.1, 0.15) is 6.23 Å². The quantitative estimate of drug-likeness (QED) is 0.685. The molecule has 0 aliphatic heterocycles. The largest absolute Gasteiger partial charge is 0.374 e. The van der Waals surface area contributed by atoms with E-state index in [0.29, 0.717) is 22.4 Å². The molecule has 0 radical (unpaired) electrons. The van der Waals surface area contributed by atoms with Crippen LogP contribution in [0.25, 0.3) is 11.0 Å². The first kappa shape index (κ1) is 11.3. The molecule has 0 spiro atoms. The van der Waals surface area contributed by atoms with Crippen LogP contribution in [-0.4, -0.2) is 27.6 Å². The molecule has 90 valence electrons. The smallest absolute Gasteiger partial charge is 0.221 e. The van der Waals surface area contributed by atoms with E-state index in [9.17, 15) is 9.90 Å². The number of rotatable bonds is 3.